The second kappa shape index (κ2) is 6.97. The zero-order valence-corrected chi connectivity index (χ0v) is 13.3. The van der Waals surface area contributed by atoms with Gasteiger partial charge in [0, 0.05) is 6.04 Å². The van der Waals surface area contributed by atoms with E-state index in [2.05, 4.69) is 5.32 Å². The summed E-state index contributed by atoms with van der Waals surface area (Å²) >= 11 is 0. The zero-order chi connectivity index (χ0) is 17.0. The van der Waals surface area contributed by atoms with Gasteiger partial charge in [-0.2, -0.15) is 4.72 Å². The number of sulfonamides is 1. The van der Waals surface area contributed by atoms with Crippen molar-refractivity contribution in [2.24, 2.45) is 0 Å². The number of aliphatic carboxylic acids is 1. The fraction of sp³-hybridized carbons (Fsp3) is 0.429. The van der Waals surface area contributed by atoms with Crippen molar-refractivity contribution in [1.82, 2.24) is 10.0 Å². The van der Waals surface area contributed by atoms with Crippen LogP contribution in [0.5, 0.6) is 5.75 Å². The van der Waals surface area contributed by atoms with Crippen LogP contribution in [0.2, 0.25) is 0 Å². The third kappa shape index (κ3) is 5.22. The van der Waals surface area contributed by atoms with E-state index in [1.165, 1.54) is 31.2 Å². The molecule has 23 heavy (non-hydrogen) atoms. The normalized spacial score (nSPS) is 15.7. The minimum atomic E-state index is -3.93. The van der Waals surface area contributed by atoms with Crippen LogP contribution in [-0.4, -0.2) is 44.1 Å². The zero-order valence-electron chi connectivity index (χ0n) is 12.5. The van der Waals surface area contributed by atoms with Gasteiger partial charge >= 0.3 is 5.97 Å². The monoisotopic (exact) mass is 342 g/mol. The molecule has 1 aliphatic carbocycles. The number of amides is 1. The molecule has 0 aromatic heterocycles. The fourth-order valence-corrected chi connectivity index (χ4v) is 2.91. The van der Waals surface area contributed by atoms with E-state index in [0.717, 1.165) is 12.8 Å². The van der Waals surface area contributed by atoms with Gasteiger partial charge in [0.1, 0.15) is 11.8 Å². The van der Waals surface area contributed by atoms with E-state index in [-0.39, 0.29) is 23.5 Å². The summed E-state index contributed by atoms with van der Waals surface area (Å²) in [4.78, 5) is 22.1. The Morgan fingerprint density at radius 3 is 2.43 bits per heavy atom. The van der Waals surface area contributed by atoms with Gasteiger partial charge in [-0.25, -0.2) is 8.42 Å². The molecule has 3 N–H and O–H groups in total. The van der Waals surface area contributed by atoms with Gasteiger partial charge in [0.05, 0.1) is 4.90 Å². The molecule has 1 aromatic rings. The molecule has 0 radical (unpaired) electrons. The highest BCUT2D eigenvalue weighted by Crippen LogP contribution is 2.19. The molecule has 0 saturated heterocycles. The molecule has 1 amide bonds. The summed E-state index contributed by atoms with van der Waals surface area (Å²) in [5.41, 5.74) is 0. The van der Waals surface area contributed by atoms with E-state index in [1.807, 2.05) is 4.72 Å². The van der Waals surface area contributed by atoms with Gasteiger partial charge < -0.3 is 15.2 Å². The van der Waals surface area contributed by atoms with Crippen LogP contribution in [0, 0.1) is 0 Å². The number of carbonyl (C=O) groups excluding carboxylic acids is 1. The third-order valence-electron chi connectivity index (χ3n) is 3.15. The predicted octanol–water partition coefficient (Wildman–Crippen LogP) is 0.0954. The van der Waals surface area contributed by atoms with Crippen molar-refractivity contribution in [3.8, 4) is 5.75 Å². The van der Waals surface area contributed by atoms with Crippen molar-refractivity contribution in [2.75, 3.05) is 6.61 Å². The minimum Gasteiger partial charge on any atom is -0.484 e. The number of nitrogens with one attached hydrogen (secondary N) is 2. The Balaban J connectivity index is 1.92. The Morgan fingerprint density at radius 2 is 1.91 bits per heavy atom. The van der Waals surface area contributed by atoms with Gasteiger partial charge in [0.25, 0.3) is 5.91 Å². The van der Waals surface area contributed by atoms with E-state index in [1.54, 1.807) is 0 Å². The van der Waals surface area contributed by atoms with Crippen molar-refractivity contribution in [3.05, 3.63) is 24.3 Å². The first kappa shape index (κ1) is 17.2. The van der Waals surface area contributed by atoms with E-state index in [4.69, 9.17) is 9.84 Å². The summed E-state index contributed by atoms with van der Waals surface area (Å²) in [6.45, 7) is 1.09. The summed E-state index contributed by atoms with van der Waals surface area (Å²) in [5, 5.41) is 11.5. The Morgan fingerprint density at radius 1 is 1.30 bits per heavy atom. The quantitative estimate of drug-likeness (QED) is 0.616. The number of hydrogen-bond acceptors (Lipinski definition) is 5. The van der Waals surface area contributed by atoms with E-state index in [9.17, 15) is 18.0 Å². The number of carboxylic acids is 1. The van der Waals surface area contributed by atoms with Crippen LogP contribution in [-0.2, 0) is 19.6 Å². The van der Waals surface area contributed by atoms with Gasteiger partial charge in [-0.1, -0.05) is 0 Å². The van der Waals surface area contributed by atoms with E-state index < -0.39 is 22.0 Å². The van der Waals surface area contributed by atoms with Crippen LogP contribution in [0.4, 0.5) is 0 Å². The molecule has 1 atom stereocenters. The van der Waals surface area contributed by atoms with Gasteiger partial charge in [0.2, 0.25) is 10.0 Å². The van der Waals surface area contributed by atoms with Crippen LogP contribution >= 0.6 is 0 Å². The molecule has 0 aliphatic heterocycles. The molecule has 126 valence electrons. The summed E-state index contributed by atoms with van der Waals surface area (Å²) in [6, 6.07) is 4.40. The maximum absolute atomic E-state index is 12.0. The molecule has 1 saturated carbocycles. The molecule has 0 spiro atoms. The number of carboxylic acid groups (broad SMARTS) is 1. The molecule has 0 heterocycles. The predicted molar refractivity (Wildman–Crippen MR) is 80.5 cm³/mol. The van der Waals surface area contributed by atoms with Gasteiger partial charge in [-0.05, 0) is 44.0 Å². The van der Waals surface area contributed by atoms with E-state index >= 15 is 0 Å². The average molecular weight is 342 g/mol. The molecule has 0 unspecified atom stereocenters. The highest BCUT2D eigenvalue weighted by Gasteiger charge is 2.23. The SMILES string of the molecule is C[C@H](NS(=O)(=O)c1ccc(OCC(=O)NC2CC2)cc1)C(=O)O. The van der Waals surface area contributed by atoms with Crippen molar-refractivity contribution in [3.63, 3.8) is 0 Å². The molecule has 9 heteroatoms. The smallest absolute Gasteiger partial charge is 0.321 e. The first-order valence-corrected chi connectivity index (χ1v) is 8.53. The lowest BCUT2D eigenvalue weighted by Crippen LogP contribution is -2.38. The van der Waals surface area contributed by atoms with Crippen LogP contribution in [0.25, 0.3) is 0 Å². The Bertz CT molecular complexity index is 682. The highest BCUT2D eigenvalue weighted by molar-refractivity contribution is 7.89. The molecule has 1 aliphatic rings. The Kier molecular flexibility index (Phi) is 5.22. The van der Waals surface area contributed by atoms with Crippen LogP contribution in [0.3, 0.4) is 0 Å². The molecule has 1 aromatic carbocycles. The van der Waals surface area contributed by atoms with Crippen LogP contribution in [0.15, 0.2) is 29.2 Å². The van der Waals surface area contributed by atoms with Crippen molar-refractivity contribution in [2.45, 2.75) is 36.7 Å². The van der Waals surface area contributed by atoms with Crippen molar-refractivity contribution < 1.29 is 27.9 Å². The van der Waals surface area contributed by atoms with Crippen molar-refractivity contribution in [1.29, 1.82) is 0 Å². The van der Waals surface area contributed by atoms with Crippen LogP contribution < -0.4 is 14.8 Å². The van der Waals surface area contributed by atoms with Gasteiger partial charge in [-0.3, -0.25) is 9.59 Å². The molecular weight excluding hydrogens is 324 g/mol. The average Bonchev–Trinajstić information content (AvgIpc) is 3.29. The van der Waals surface area contributed by atoms with Crippen LogP contribution in [0.1, 0.15) is 19.8 Å². The summed E-state index contributed by atoms with van der Waals surface area (Å²) in [7, 11) is -3.93. The van der Waals surface area contributed by atoms with Gasteiger partial charge in [0.15, 0.2) is 6.61 Å². The molecule has 8 nitrogen and oxygen atoms in total. The maximum atomic E-state index is 12.0. The lowest BCUT2D eigenvalue weighted by Gasteiger charge is -2.11. The molecule has 2 rings (SSSR count). The molecule has 0 bridgehead atoms. The fourth-order valence-electron chi connectivity index (χ4n) is 1.71. The number of hydrogen-bond donors (Lipinski definition) is 3. The van der Waals surface area contributed by atoms with E-state index in [0.29, 0.717) is 5.75 Å². The summed E-state index contributed by atoms with van der Waals surface area (Å²) in [5.74, 6) is -1.14. The lowest BCUT2D eigenvalue weighted by molar-refractivity contribution is -0.138. The number of ether oxygens (including phenoxy) is 1. The highest BCUT2D eigenvalue weighted by atomic mass is 32.2. The number of carbonyl (C=O) groups is 2. The standard InChI is InChI=1S/C14H18N2O6S/c1-9(14(18)19)16-23(20,21)12-6-4-11(5-7-12)22-8-13(17)15-10-2-3-10/h4-7,9-10,16H,2-3,8H2,1H3,(H,15,17)(H,18,19)/t9-/m0/s1. The first-order valence-electron chi connectivity index (χ1n) is 7.05. The topological polar surface area (TPSA) is 122 Å². The minimum absolute atomic E-state index is 0.0830. The third-order valence-corrected chi connectivity index (χ3v) is 4.71. The van der Waals surface area contributed by atoms with Crippen molar-refractivity contribution >= 4 is 21.9 Å². The summed E-state index contributed by atoms with van der Waals surface area (Å²) < 4.78 is 31.2. The number of rotatable bonds is 8. The van der Waals surface area contributed by atoms with Gasteiger partial charge in [-0.15, -0.1) is 0 Å². The second-order valence-corrected chi connectivity index (χ2v) is 7.00. The Labute approximate surface area is 133 Å². The largest absolute Gasteiger partial charge is 0.484 e. The summed E-state index contributed by atoms with van der Waals surface area (Å²) in [6.07, 6.45) is 1.97. The maximum Gasteiger partial charge on any atom is 0.321 e. The molecular formula is C14H18N2O6S. The molecule has 1 fully saturated rings. The second-order valence-electron chi connectivity index (χ2n) is 5.28. The first-order chi connectivity index (χ1) is 10.8. The Hall–Kier alpha value is -2.13. The number of benzene rings is 1. The lowest BCUT2D eigenvalue weighted by atomic mass is 10.3.